The number of carbonyl (C=O) groups excluding carboxylic acids is 1. The molecule has 3 rings (SSSR count). The Morgan fingerprint density at radius 3 is 2.50 bits per heavy atom. The molecule has 0 aliphatic rings. The van der Waals surface area contributed by atoms with Crippen LogP contribution in [0.15, 0.2) is 47.6 Å². The molecule has 0 unspecified atom stereocenters. The summed E-state index contributed by atoms with van der Waals surface area (Å²) in [4.78, 5) is 23.5. The van der Waals surface area contributed by atoms with Gasteiger partial charge in [0.1, 0.15) is 0 Å². The van der Waals surface area contributed by atoms with Gasteiger partial charge in [0, 0.05) is 28.3 Å². The number of hydrogen-bond donors (Lipinski definition) is 3. The van der Waals surface area contributed by atoms with Gasteiger partial charge < -0.3 is 15.0 Å². The number of nitrogens with zero attached hydrogens (tertiary/aromatic N) is 2. The first-order valence-corrected chi connectivity index (χ1v) is 10.4. The van der Waals surface area contributed by atoms with Gasteiger partial charge in [-0.1, -0.05) is 17.7 Å². The lowest BCUT2D eigenvalue weighted by Gasteiger charge is -2.11. The molecule has 0 saturated carbocycles. The first kappa shape index (κ1) is 23.1. The number of carboxylic acids is 1. The Morgan fingerprint density at radius 1 is 1.06 bits per heavy atom. The Hall–Kier alpha value is -3.58. The summed E-state index contributed by atoms with van der Waals surface area (Å²) in [5.74, 6) is -1.35. The highest BCUT2D eigenvalue weighted by molar-refractivity contribution is 6.33. The quantitative estimate of drug-likeness (QED) is 0.360. The molecule has 0 atom stereocenters. The molecule has 0 aliphatic heterocycles. The van der Waals surface area contributed by atoms with Crippen LogP contribution in [0.5, 0.6) is 0 Å². The molecule has 0 spiro atoms. The zero-order chi connectivity index (χ0) is 23.4. The van der Waals surface area contributed by atoms with Crippen molar-refractivity contribution in [2.24, 2.45) is 5.10 Å². The van der Waals surface area contributed by atoms with E-state index in [1.165, 1.54) is 11.6 Å². The van der Waals surface area contributed by atoms with Gasteiger partial charge in [0.05, 0.1) is 23.3 Å². The Balaban J connectivity index is 1.68. The van der Waals surface area contributed by atoms with Gasteiger partial charge in [-0.2, -0.15) is 5.10 Å². The molecular formula is C24H25ClN4O3. The average molecular weight is 453 g/mol. The third-order valence-electron chi connectivity index (χ3n) is 5.26. The van der Waals surface area contributed by atoms with Crippen LogP contribution in [-0.2, 0) is 4.79 Å². The number of carboxylic acid groups (broad SMARTS) is 1. The molecule has 0 aliphatic carbocycles. The molecule has 0 radical (unpaired) electrons. The van der Waals surface area contributed by atoms with Crippen molar-refractivity contribution in [2.75, 3.05) is 11.9 Å². The minimum Gasteiger partial charge on any atom is -0.478 e. The van der Waals surface area contributed by atoms with Crippen molar-refractivity contribution in [3.63, 3.8) is 0 Å². The summed E-state index contributed by atoms with van der Waals surface area (Å²) in [6, 6.07) is 12.7. The maximum absolute atomic E-state index is 12.1. The number of benzene rings is 2. The molecule has 2 aromatic carbocycles. The SMILES string of the molecule is Cc1ccc(NCC(=O)N/N=C\c2cc(C)n(-c3ccc(Cl)c(C(=O)O)c3)c2C)cc1C. The van der Waals surface area contributed by atoms with Gasteiger partial charge in [-0.15, -0.1) is 0 Å². The predicted molar refractivity (Wildman–Crippen MR) is 127 cm³/mol. The zero-order valence-corrected chi connectivity index (χ0v) is 19.1. The van der Waals surface area contributed by atoms with E-state index in [2.05, 4.69) is 15.8 Å². The maximum atomic E-state index is 12.1. The lowest BCUT2D eigenvalue weighted by Crippen LogP contribution is -2.25. The van der Waals surface area contributed by atoms with Crippen molar-refractivity contribution < 1.29 is 14.7 Å². The number of nitrogens with one attached hydrogen (secondary N) is 2. The van der Waals surface area contributed by atoms with Crippen LogP contribution in [0.2, 0.25) is 5.02 Å². The third-order valence-corrected chi connectivity index (χ3v) is 5.59. The number of anilines is 1. The molecule has 1 aromatic heterocycles. The van der Waals surface area contributed by atoms with E-state index in [0.29, 0.717) is 5.69 Å². The fraction of sp³-hybridized carbons (Fsp3) is 0.208. The molecule has 0 fully saturated rings. The first-order chi connectivity index (χ1) is 15.2. The van der Waals surface area contributed by atoms with Crippen molar-refractivity contribution in [1.82, 2.24) is 9.99 Å². The topological polar surface area (TPSA) is 95.7 Å². The van der Waals surface area contributed by atoms with Crippen LogP contribution in [0.1, 0.15) is 38.4 Å². The lowest BCUT2D eigenvalue weighted by atomic mass is 10.1. The van der Waals surface area contributed by atoms with Gasteiger partial charge in [0.2, 0.25) is 0 Å². The number of rotatable bonds is 7. The molecule has 7 nitrogen and oxygen atoms in total. The minimum absolute atomic E-state index is 0.0374. The van der Waals surface area contributed by atoms with E-state index in [1.54, 1.807) is 18.3 Å². The van der Waals surface area contributed by atoms with Crippen LogP contribution in [0.4, 0.5) is 5.69 Å². The van der Waals surface area contributed by atoms with Crippen LogP contribution in [0, 0.1) is 27.7 Å². The highest BCUT2D eigenvalue weighted by Crippen LogP contribution is 2.24. The first-order valence-electron chi connectivity index (χ1n) is 10.0. The molecule has 3 N–H and O–H groups in total. The molecule has 166 valence electrons. The van der Waals surface area contributed by atoms with Gasteiger partial charge in [-0.25, -0.2) is 10.2 Å². The molecule has 0 saturated heterocycles. The van der Waals surface area contributed by atoms with Gasteiger partial charge in [0.25, 0.3) is 5.91 Å². The Morgan fingerprint density at radius 2 is 1.81 bits per heavy atom. The molecule has 3 aromatic rings. The number of aromatic carboxylic acids is 1. The van der Waals surface area contributed by atoms with E-state index < -0.39 is 5.97 Å². The number of halogens is 1. The summed E-state index contributed by atoms with van der Waals surface area (Å²) in [7, 11) is 0. The van der Waals surface area contributed by atoms with E-state index in [1.807, 2.05) is 56.5 Å². The molecule has 0 bridgehead atoms. The number of amides is 1. The Kier molecular flexibility index (Phi) is 7.00. The number of hydrogen-bond acceptors (Lipinski definition) is 4. The largest absolute Gasteiger partial charge is 0.478 e. The minimum atomic E-state index is -1.08. The lowest BCUT2D eigenvalue weighted by molar-refractivity contribution is -0.119. The van der Waals surface area contributed by atoms with E-state index in [0.717, 1.165) is 28.2 Å². The van der Waals surface area contributed by atoms with Crippen molar-refractivity contribution >= 4 is 35.4 Å². The van der Waals surface area contributed by atoms with Crippen LogP contribution in [0.25, 0.3) is 5.69 Å². The summed E-state index contributed by atoms with van der Waals surface area (Å²) in [5, 5.41) is 16.7. The molecule has 32 heavy (non-hydrogen) atoms. The fourth-order valence-electron chi connectivity index (χ4n) is 3.38. The van der Waals surface area contributed by atoms with E-state index in [9.17, 15) is 14.7 Å². The van der Waals surface area contributed by atoms with Crippen molar-refractivity contribution in [2.45, 2.75) is 27.7 Å². The molecule has 1 amide bonds. The van der Waals surface area contributed by atoms with Crippen molar-refractivity contribution in [3.8, 4) is 5.69 Å². The summed E-state index contributed by atoms with van der Waals surface area (Å²) in [6.45, 7) is 7.96. The average Bonchev–Trinajstić information content (AvgIpc) is 3.02. The maximum Gasteiger partial charge on any atom is 0.337 e. The number of carbonyl (C=O) groups is 2. The second-order valence-corrected chi connectivity index (χ2v) is 7.98. The Bertz CT molecular complexity index is 1210. The van der Waals surface area contributed by atoms with Crippen LogP contribution in [-0.4, -0.2) is 34.3 Å². The Labute approximate surface area is 191 Å². The zero-order valence-electron chi connectivity index (χ0n) is 18.4. The highest BCUT2D eigenvalue weighted by atomic mass is 35.5. The number of hydrazone groups is 1. The molecule has 8 heteroatoms. The van der Waals surface area contributed by atoms with Gasteiger partial charge in [-0.3, -0.25) is 4.79 Å². The number of aromatic nitrogens is 1. The standard InChI is InChI=1S/C24H25ClN4O3/c1-14-5-6-19(9-15(14)2)26-13-23(30)28-27-12-18-10-16(3)29(17(18)4)20-7-8-22(25)21(11-20)24(31)32/h5-12,26H,13H2,1-4H3,(H,28,30)(H,31,32)/b27-12-. The van der Waals surface area contributed by atoms with Gasteiger partial charge in [0.15, 0.2) is 0 Å². The molecular weight excluding hydrogens is 428 g/mol. The van der Waals surface area contributed by atoms with Crippen molar-refractivity contribution in [1.29, 1.82) is 0 Å². The second-order valence-electron chi connectivity index (χ2n) is 7.58. The van der Waals surface area contributed by atoms with Crippen molar-refractivity contribution in [3.05, 3.63) is 81.1 Å². The van der Waals surface area contributed by atoms with E-state index >= 15 is 0 Å². The monoisotopic (exact) mass is 452 g/mol. The second kappa shape index (κ2) is 9.70. The van der Waals surface area contributed by atoms with Crippen LogP contribution < -0.4 is 10.7 Å². The summed E-state index contributed by atoms with van der Waals surface area (Å²) >= 11 is 5.98. The predicted octanol–water partition coefficient (Wildman–Crippen LogP) is 4.62. The summed E-state index contributed by atoms with van der Waals surface area (Å²) in [6.07, 6.45) is 1.57. The smallest absolute Gasteiger partial charge is 0.337 e. The third kappa shape index (κ3) is 5.18. The summed E-state index contributed by atoms with van der Waals surface area (Å²) in [5.41, 5.74) is 9.01. The van der Waals surface area contributed by atoms with Gasteiger partial charge >= 0.3 is 5.97 Å². The van der Waals surface area contributed by atoms with E-state index in [-0.39, 0.29) is 23.0 Å². The summed E-state index contributed by atoms with van der Waals surface area (Å²) < 4.78 is 1.91. The fourth-order valence-corrected chi connectivity index (χ4v) is 3.58. The van der Waals surface area contributed by atoms with Crippen LogP contribution in [0.3, 0.4) is 0 Å². The van der Waals surface area contributed by atoms with E-state index in [4.69, 9.17) is 11.6 Å². The normalized spacial score (nSPS) is 11.0. The highest BCUT2D eigenvalue weighted by Gasteiger charge is 2.14. The van der Waals surface area contributed by atoms with Gasteiger partial charge in [-0.05, 0) is 75.2 Å². The molecule has 1 heterocycles. The number of aryl methyl sites for hydroxylation is 3. The van der Waals surface area contributed by atoms with Crippen LogP contribution >= 0.6 is 11.6 Å².